The van der Waals surface area contributed by atoms with Crippen molar-refractivity contribution in [3.8, 4) is 0 Å². The van der Waals surface area contributed by atoms with Crippen LogP contribution in [0.5, 0.6) is 0 Å². The molecule has 4 aliphatic carbocycles. The van der Waals surface area contributed by atoms with Gasteiger partial charge in [0.25, 0.3) is 0 Å². The predicted molar refractivity (Wildman–Crippen MR) is 120 cm³/mol. The highest BCUT2D eigenvalue weighted by Gasteiger charge is 2.76. The molecule has 0 aromatic carbocycles. The molecule has 9 atom stereocenters. The van der Waals surface area contributed by atoms with Crippen LogP contribution >= 0.6 is 0 Å². The van der Waals surface area contributed by atoms with Gasteiger partial charge in [-0.1, -0.05) is 27.7 Å². The van der Waals surface area contributed by atoms with E-state index in [-0.39, 0.29) is 29.4 Å². The molecule has 4 fully saturated rings. The summed E-state index contributed by atoms with van der Waals surface area (Å²) < 4.78 is 17.6. The minimum absolute atomic E-state index is 0.0411. The number of hydrogen-bond acceptors (Lipinski definition) is 7. The number of rotatable bonds is 3. The van der Waals surface area contributed by atoms with Gasteiger partial charge in [0.2, 0.25) is 0 Å². The lowest BCUT2D eigenvalue weighted by Gasteiger charge is -2.66. The quantitative estimate of drug-likeness (QED) is 0.501. The fourth-order valence-corrected chi connectivity index (χ4v) is 8.99. The van der Waals surface area contributed by atoms with Crippen LogP contribution in [0.3, 0.4) is 0 Å². The molecule has 2 bridgehead atoms. The van der Waals surface area contributed by atoms with Gasteiger partial charge < -0.3 is 19.3 Å². The lowest BCUT2D eigenvalue weighted by molar-refractivity contribution is -0.237. The first-order chi connectivity index (χ1) is 15.2. The average Bonchev–Trinajstić information content (AvgIpc) is 2.84. The Morgan fingerprint density at radius 3 is 1.94 bits per heavy atom. The molecule has 4 aliphatic rings. The third kappa shape index (κ3) is 3.43. The van der Waals surface area contributed by atoms with Crippen LogP contribution in [-0.4, -0.2) is 47.4 Å². The standard InChI is InChI=1S/C26H40O7/c1-14(27)31-19-9-10-23(4,5)17-8-11-26-13-24(6,22(21(26)30)33-16(3)29)20(32-15(2)28)12-18(26)25(17,19)7/h17-22,30H,8-13H2,1-7H3/t17?,18?,19-,20-,21+,22+,24+,25+,26-/m0/s1. The topological polar surface area (TPSA) is 99.1 Å². The molecule has 0 heterocycles. The first kappa shape index (κ1) is 24.5. The number of esters is 3. The molecule has 7 nitrogen and oxygen atoms in total. The molecule has 2 unspecified atom stereocenters. The van der Waals surface area contributed by atoms with E-state index in [0.29, 0.717) is 18.8 Å². The highest BCUT2D eigenvalue weighted by molar-refractivity contribution is 5.67. The van der Waals surface area contributed by atoms with Gasteiger partial charge in [0.1, 0.15) is 18.3 Å². The van der Waals surface area contributed by atoms with E-state index in [9.17, 15) is 19.5 Å². The molecule has 33 heavy (non-hydrogen) atoms. The zero-order valence-electron chi connectivity index (χ0n) is 21.1. The van der Waals surface area contributed by atoms with E-state index >= 15 is 0 Å². The molecule has 0 radical (unpaired) electrons. The molecule has 186 valence electrons. The van der Waals surface area contributed by atoms with Crippen molar-refractivity contribution in [1.82, 2.24) is 0 Å². The lowest BCUT2D eigenvalue weighted by atomic mass is 9.39. The summed E-state index contributed by atoms with van der Waals surface area (Å²) in [6, 6.07) is 0. The summed E-state index contributed by atoms with van der Waals surface area (Å²) in [7, 11) is 0. The summed E-state index contributed by atoms with van der Waals surface area (Å²) >= 11 is 0. The molecule has 7 heteroatoms. The first-order valence-electron chi connectivity index (χ1n) is 12.4. The molecule has 1 spiro atoms. The van der Waals surface area contributed by atoms with Crippen LogP contribution in [0, 0.1) is 33.5 Å². The number of hydrogen-bond donors (Lipinski definition) is 1. The second-order valence-electron chi connectivity index (χ2n) is 12.4. The highest BCUT2D eigenvalue weighted by Crippen LogP contribution is 2.74. The minimum atomic E-state index is -0.863. The van der Waals surface area contributed by atoms with Gasteiger partial charge in [-0.15, -0.1) is 0 Å². The predicted octanol–water partition coefficient (Wildman–Crippen LogP) is 3.80. The highest BCUT2D eigenvalue weighted by atomic mass is 16.6. The number of aliphatic hydroxyl groups excluding tert-OH is 1. The smallest absolute Gasteiger partial charge is 0.303 e. The van der Waals surface area contributed by atoms with Crippen LogP contribution in [0.2, 0.25) is 0 Å². The van der Waals surface area contributed by atoms with Crippen molar-refractivity contribution >= 4 is 17.9 Å². The van der Waals surface area contributed by atoms with Crippen LogP contribution in [0.15, 0.2) is 0 Å². The number of fused-ring (bicyclic) bond motifs is 3. The Morgan fingerprint density at radius 2 is 1.36 bits per heavy atom. The normalized spacial score (nSPS) is 47.6. The van der Waals surface area contributed by atoms with E-state index in [0.717, 1.165) is 25.7 Å². The fourth-order valence-electron chi connectivity index (χ4n) is 8.99. The Morgan fingerprint density at radius 1 is 0.788 bits per heavy atom. The zero-order valence-corrected chi connectivity index (χ0v) is 21.1. The third-order valence-corrected chi connectivity index (χ3v) is 10.1. The van der Waals surface area contributed by atoms with Gasteiger partial charge in [0.05, 0.1) is 6.10 Å². The maximum absolute atomic E-state index is 12.1. The van der Waals surface area contributed by atoms with Gasteiger partial charge in [0.15, 0.2) is 0 Å². The largest absolute Gasteiger partial charge is 0.462 e. The fraction of sp³-hybridized carbons (Fsp3) is 0.885. The van der Waals surface area contributed by atoms with Crippen LogP contribution in [-0.2, 0) is 28.6 Å². The van der Waals surface area contributed by atoms with Gasteiger partial charge in [-0.3, -0.25) is 14.4 Å². The molecular formula is C26H40O7. The molecular weight excluding hydrogens is 424 g/mol. The summed E-state index contributed by atoms with van der Waals surface area (Å²) in [4.78, 5) is 36.2. The Balaban J connectivity index is 1.85. The SMILES string of the molecule is CC(=O)O[C@H]1CCC(C)(C)C2CC[C@]34C[C@](C)([C@@H](OC(C)=O)CC3[C@@]21C)[C@H](OC(C)=O)[C@H]4O. The second kappa shape index (κ2) is 7.69. The van der Waals surface area contributed by atoms with Gasteiger partial charge in [-0.25, -0.2) is 0 Å². The summed E-state index contributed by atoms with van der Waals surface area (Å²) in [6.07, 6.45) is 2.27. The van der Waals surface area contributed by atoms with Crippen molar-refractivity contribution in [3.05, 3.63) is 0 Å². The molecule has 0 aromatic rings. The van der Waals surface area contributed by atoms with E-state index in [2.05, 4.69) is 20.8 Å². The summed E-state index contributed by atoms with van der Waals surface area (Å²) in [5.41, 5.74) is -1.48. The monoisotopic (exact) mass is 464 g/mol. The molecule has 0 amide bonds. The van der Waals surface area contributed by atoms with Gasteiger partial charge in [0, 0.05) is 37.0 Å². The molecule has 1 N–H and O–H groups in total. The van der Waals surface area contributed by atoms with Crippen molar-refractivity contribution in [1.29, 1.82) is 0 Å². The van der Waals surface area contributed by atoms with Gasteiger partial charge in [-0.2, -0.15) is 0 Å². The Bertz CT molecular complexity index is 852. The van der Waals surface area contributed by atoms with Crippen LogP contribution < -0.4 is 0 Å². The molecule has 4 rings (SSSR count). The molecule has 4 saturated carbocycles. The maximum Gasteiger partial charge on any atom is 0.303 e. The average molecular weight is 465 g/mol. The molecule has 0 aromatic heterocycles. The second-order valence-corrected chi connectivity index (χ2v) is 12.4. The first-order valence-corrected chi connectivity index (χ1v) is 12.4. The van der Waals surface area contributed by atoms with Crippen molar-refractivity contribution in [2.45, 2.75) is 111 Å². The summed E-state index contributed by atoms with van der Waals surface area (Å²) in [5.74, 6) is -0.864. The van der Waals surface area contributed by atoms with E-state index in [1.165, 1.54) is 20.8 Å². The summed E-state index contributed by atoms with van der Waals surface area (Å²) in [6.45, 7) is 13.0. The van der Waals surface area contributed by atoms with E-state index in [4.69, 9.17) is 14.2 Å². The van der Waals surface area contributed by atoms with Crippen LogP contribution in [0.1, 0.15) is 87.0 Å². The minimum Gasteiger partial charge on any atom is -0.462 e. The van der Waals surface area contributed by atoms with Crippen molar-refractivity contribution in [2.75, 3.05) is 0 Å². The van der Waals surface area contributed by atoms with Crippen LogP contribution in [0.25, 0.3) is 0 Å². The number of ether oxygens (including phenoxy) is 3. The van der Waals surface area contributed by atoms with Crippen molar-refractivity contribution in [3.63, 3.8) is 0 Å². The van der Waals surface area contributed by atoms with Gasteiger partial charge in [-0.05, 0) is 55.8 Å². The molecule has 0 aliphatic heterocycles. The van der Waals surface area contributed by atoms with E-state index in [1.54, 1.807) is 0 Å². The van der Waals surface area contributed by atoms with Crippen molar-refractivity contribution < 1.29 is 33.7 Å². The Kier molecular flexibility index (Phi) is 5.71. The molecule has 0 saturated heterocycles. The maximum atomic E-state index is 12.1. The Hall–Kier alpha value is -1.63. The zero-order chi connectivity index (χ0) is 24.6. The Labute approximate surface area is 196 Å². The third-order valence-electron chi connectivity index (χ3n) is 10.1. The number of carbonyl (C=O) groups excluding carboxylic acids is 3. The lowest BCUT2D eigenvalue weighted by Crippen LogP contribution is -2.65. The number of carbonyl (C=O) groups is 3. The van der Waals surface area contributed by atoms with Crippen LogP contribution in [0.4, 0.5) is 0 Å². The van der Waals surface area contributed by atoms with E-state index < -0.39 is 40.5 Å². The number of aliphatic hydroxyl groups is 1. The summed E-state index contributed by atoms with van der Waals surface area (Å²) in [5, 5.41) is 11.8. The van der Waals surface area contributed by atoms with Gasteiger partial charge >= 0.3 is 17.9 Å². The van der Waals surface area contributed by atoms with E-state index in [1.807, 2.05) is 6.92 Å². The van der Waals surface area contributed by atoms with Crippen molar-refractivity contribution in [2.24, 2.45) is 33.5 Å².